The Morgan fingerprint density at radius 3 is 2.94 bits per heavy atom. The lowest BCUT2D eigenvalue weighted by molar-refractivity contribution is -0.144. The second-order valence-corrected chi connectivity index (χ2v) is 4.01. The topological polar surface area (TPSA) is 46.5 Å². The third kappa shape index (κ3) is 2.26. The molecule has 0 aromatic heterocycles. The van der Waals surface area contributed by atoms with Gasteiger partial charge in [-0.3, -0.25) is 0 Å². The molecule has 16 heavy (non-hydrogen) atoms. The van der Waals surface area contributed by atoms with Crippen molar-refractivity contribution in [1.29, 1.82) is 0 Å². The molecule has 0 saturated carbocycles. The molecule has 0 fully saturated rings. The Labute approximate surface area is 98.3 Å². The number of hydrogen-bond donors (Lipinski definition) is 1. The first-order chi connectivity index (χ1) is 7.70. The number of carbonyl (C=O) groups is 1. The molecule has 0 saturated heterocycles. The van der Waals surface area contributed by atoms with Crippen molar-refractivity contribution in [3.05, 3.63) is 40.9 Å². The highest BCUT2D eigenvalue weighted by atomic mass is 35.5. The molecule has 1 heterocycles. The SMILES string of the molecule is O=C1OC(CO)CC=C1c1cccc(Cl)c1. The normalized spacial score (nSPS) is 20.2. The maximum atomic E-state index is 11.6. The predicted molar refractivity (Wildman–Crippen MR) is 61.0 cm³/mol. The molecule has 1 atom stereocenters. The minimum atomic E-state index is -0.421. The van der Waals surface area contributed by atoms with E-state index >= 15 is 0 Å². The van der Waals surface area contributed by atoms with E-state index in [0.29, 0.717) is 17.0 Å². The summed E-state index contributed by atoms with van der Waals surface area (Å²) in [6.07, 6.45) is 1.89. The minimum Gasteiger partial charge on any atom is -0.456 e. The van der Waals surface area contributed by atoms with E-state index in [1.54, 1.807) is 30.3 Å². The van der Waals surface area contributed by atoms with E-state index in [4.69, 9.17) is 21.4 Å². The summed E-state index contributed by atoms with van der Waals surface area (Å²) in [5.74, 6) is -0.410. The fraction of sp³-hybridized carbons (Fsp3) is 0.250. The van der Waals surface area contributed by atoms with Crippen molar-refractivity contribution in [3.8, 4) is 0 Å². The number of aliphatic hydroxyl groups excluding tert-OH is 1. The van der Waals surface area contributed by atoms with E-state index in [9.17, 15) is 4.79 Å². The lowest BCUT2D eigenvalue weighted by Gasteiger charge is -2.20. The maximum Gasteiger partial charge on any atom is 0.338 e. The molecule has 0 amide bonds. The summed E-state index contributed by atoms with van der Waals surface area (Å²) in [6.45, 7) is -0.148. The van der Waals surface area contributed by atoms with Gasteiger partial charge in [0.15, 0.2) is 0 Å². The van der Waals surface area contributed by atoms with E-state index in [2.05, 4.69) is 0 Å². The van der Waals surface area contributed by atoms with Crippen LogP contribution in [0.15, 0.2) is 30.3 Å². The first-order valence-corrected chi connectivity index (χ1v) is 5.36. The number of benzene rings is 1. The molecule has 0 spiro atoms. The number of hydrogen-bond acceptors (Lipinski definition) is 3. The van der Waals surface area contributed by atoms with Crippen molar-refractivity contribution in [3.63, 3.8) is 0 Å². The molecule has 1 N–H and O–H groups in total. The Bertz CT molecular complexity index is 440. The molecule has 1 aromatic rings. The summed E-state index contributed by atoms with van der Waals surface area (Å²) in [4.78, 5) is 11.6. The molecule has 2 rings (SSSR count). The quantitative estimate of drug-likeness (QED) is 0.802. The van der Waals surface area contributed by atoms with Crippen LogP contribution in [0.25, 0.3) is 5.57 Å². The third-order valence-corrected chi connectivity index (χ3v) is 2.65. The van der Waals surface area contributed by atoms with Gasteiger partial charge in [-0.1, -0.05) is 29.8 Å². The van der Waals surface area contributed by atoms with Gasteiger partial charge in [0.25, 0.3) is 0 Å². The van der Waals surface area contributed by atoms with Crippen molar-refractivity contribution in [1.82, 2.24) is 0 Å². The van der Waals surface area contributed by atoms with Crippen LogP contribution in [0.2, 0.25) is 5.02 Å². The summed E-state index contributed by atoms with van der Waals surface area (Å²) in [5.41, 5.74) is 1.25. The van der Waals surface area contributed by atoms with Crippen LogP contribution >= 0.6 is 11.6 Å². The monoisotopic (exact) mass is 238 g/mol. The van der Waals surface area contributed by atoms with Gasteiger partial charge in [0.05, 0.1) is 12.2 Å². The molecule has 1 unspecified atom stereocenters. The van der Waals surface area contributed by atoms with E-state index in [0.717, 1.165) is 5.56 Å². The van der Waals surface area contributed by atoms with Crippen molar-refractivity contribution in [2.45, 2.75) is 12.5 Å². The molecule has 84 valence electrons. The first-order valence-electron chi connectivity index (χ1n) is 4.98. The summed E-state index contributed by atoms with van der Waals surface area (Å²) in [5, 5.41) is 9.46. The zero-order valence-corrected chi connectivity index (χ0v) is 9.28. The lowest BCUT2D eigenvalue weighted by atomic mass is 10.0. The van der Waals surface area contributed by atoms with Gasteiger partial charge in [-0.25, -0.2) is 4.79 Å². The van der Waals surface area contributed by atoms with Gasteiger partial charge in [-0.15, -0.1) is 0 Å². The first kappa shape index (κ1) is 11.2. The van der Waals surface area contributed by atoms with Gasteiger partial charge < -0.3 is 9.84 Å². The molecule has 1 aromatic carbocycles. The molecule has 0 aliphatic carbocycles. The third-order valence-electron chi connectivity index (χ3n) is 2.42. The van der Waals surface area contributed by atoms with Crippen LogP contribution in [-0.4, -0.2) is 23.8 Å². The van der Waals surface area contributed by atoms with Crippen LogP contribution in [0, 0.1) is 0 Å². The van der Waals surface area contributed by atoms with Crippen LogP contribution in [0.4, 0.5) is 0 Å². The zero-order chi connectivity index (χ0) is 11.5. The van der Waals surface area contributed by atoms with Crippen LogP contribution in [0.5, 0.6) is 0 Å². The zero-order valence-electron chi connectivity index (χ0n) is 8.52. The van der Waals surface area contributed by atoms with Crippen molar-refractivity contribution >= 4 is 23.1 Å². The van der Waals surface area contributed by atoms with Gasteiger partial charge in [0.1, 0.15) is 6.10 Å². The van der Waals surface area contributed by atoms with Gasteiger partial charge in [0, 0.05) is 11.4 Å². The Hall–Kier alpha value is -1.32. The smallest absolute Gasteiger partial charge is 0.338 e. The highest BCUT2D eigenvalue weighted by molar-refractivity contribution is 6.31. The second-order valence-electron chi connectivity index (χ2n) is 3.57. The molecule has 0 bridgehead atoms. The highest BCUT2D eigenvalue weighted by Gasteiger charge is 2.23. The van der Waals surface area contributed by atoms with Gasteiger partial charge in [-0.2, -0.15) is 0 Å². The number of aliphatic hydroxyl groups is 1. The Kier molecular flexibility index (Phi) is 3.27. The average molecular weight is 239 g/mol. The summed E-state index contributed by atoms with van der Waals surface area (Å²) < 4.78 is 5.04. The van der Waals surface area contributed by atoms with E-state index in [-0.39, 0.29) is 6.61 Å². The average Bonchev–Trinajstić information content (AvgIpc) is 2.28. The Morgan fingerprint density at radius 1 is 1.50 bits per heavy atom. The van der Waals surface area contributed by atoms with Crippen LogP contribution in [-0.2, 0) is 9.53 Å². The number of carbonyl (C=O) groups excluding carboxylic acids is 1. The summed E-state index contributed by atoms with van der Waals surface area (Å²) in [6, 6.07) is 7.05. The number of rotatable bonds is 2. The van der Waals surface area contributed by atoms with Crippen LogP contribution < -0.4 is 0 Å². The van der Waals surface area contributed by atoms with E-state index in [1.165, 1.54) is 0 Å². The number of esters is 1. The molecular weight excluding hydrogens is 228 g/mol. The van der Waals surface area contributed by atoms with Gasteiger partial charge in [-0.05, 0) is 17.7 Å². The lowest BCUT2D eigenvalue weighted by Crippen LogP contribution is -2.25. The predicted octanol–water partition coefficient (Wildman–Crippen LogP) is 2.03. The largest absolute Gasteiger partial charge is 0.456 e. The molecule has 0 radical (unpaired) electrons. The summed E-state index contributed by atoms with van der Waals surface area (Å²) in [7, 11) is 0. The Morgan fingerprint density at radius 2 is 2.31 bits per heavy atom. The standard InChI is InChI=1S/C12H11ClO3/c13-9-3-1-2-8(6-9)11-5-4-10(7-14)16-12(11)15/h1-3,5-6,10,14H,4,7H2. The number of ether oxygens (including phenoxy) is 1. The molecule has 3 nitrogen and oxygen atoms in total. The molecule has 1 aliphatic heterocycles. The summed E-state index contributed by atoms with van der Waals surface area (Å²) >= 11 is 5.85. The Balaban J connectivity index is 2.28. The maximum absolute atomic E-state index is 11.6. The second kappa shape index (κ2) is 4.68. The van der Waals surface area contributed by atoms with Crippen molar-refractivity contribution in [2.24, 2.45) is 0 Å². The van der Waals surface area contributed by atoms with E-state index < -0.39 is 12.1 Å². The van der Waals surface area contributed by atoms with E-state index in [1.807, 2.05) is 0 Å². The van der Waals surface area contributed by atoms with Gasteiger partial charge in [0.2, 0.25) is 0 Å². The highest BCUT2D eigenvalue weighted by Crippen LogP contribution is 2.25. The number of halogens is 1. The van der Waals surface area contributed by atoms with Crippen LogP contribution in [0.1, 0.15) is 12.0 Å². The number of cyclic esters (lactones) is 1. The molecular formula is C12H11ClO3. The van der Waals surface area contributed by atoms with Gasteiger partial charge >= 0.3 is 5.97 Å². The molecule has 4 heteroatoms. The minimum absolute atomic E-state index is 0.148. The fourth-order valence-corrected chi connectivity index (χ4v) is 1.79. The molecule has 1 aliphatic rings. The van der Waals surface area contributed by atoms with Crippen molar-refractivity contribution in [2.75, 3.05) is 6.61 Å². The fourth-order valence-electron chi connectivity index (χ4n) is 1.60. The van der Waals surface area contributed by atoms with Crippen molar-refractivity contribution < 1.29 is 14.6 Å². The van der Waals surface area contributed by atoms with Crippen LogP contribution in [0.3, 0.4) is 0 Å².